The van der Waals surface area contributed by atoms with Crippen LogP contribution in [-0.2, 0) is 6.54 Å². The molecule has 2 heterocycles. The molecule has 0 spiro atoms. The quantitative estimate of drug-likeness (QED) is 0.672. The molecule has 138 valence electrons. The Morgan fingerprint density at radius 1 is 1.00 bits per heavy atom. The Balaban J connectivity index is 1.35. The van der Waals surface area contributed by atoms with Crippen LogP contribution < -0.4 is 19.8 Å². The normalized spacial score (nSPS) is 15.1. The van der Waals surface area contributed by atoms with Crippen molar-refractivity contribution >= 4 is 0 Å². The van der Waals surface area contributed by atoms with Crippen LogP contribution in [0.2, 0.25) is 0 Å². The molecule has 3 aromatic rings. The molecule has 1 unspecified atom stereocenters. The smallest absolute Gasteiger partial charge is 0.300 e. The number of rotatable bonds is 6. The maximum Gasteiger partial charge on any atom is 0.300 e. The monoisotopic (exact) mass is 364 g/mol. The average molecular weight is 364 g/mol. The minimum atomic E-state index is -0.298. The lowest BCUT2D eigenvalue weighted by Gasteiger charge is -2.11. The highest BCUT2D eigenvalue weighted by molar-refractivity contribution is 5.64. The number of nitrogens with zero attached hydrogens (tertiary/aromatic N) is 2. The summed E-state index contributed by atoms with van der Waals surface area (Å²) in [6, 6.07) is 17.7. The summed E-state index contributed by atoms with van der Waals surface area (Å²) in [5, 5.41) is 0. The molecular weight excluding hydrogens is 344 g/mol. The van der Waals surface area contributed by atoms with Gasteiger partial charge in [0.25, 0.3) is 11.6 Å². The molecule has 0 amide bonds. The van der Waals surface area contributed by atoms with Crippen molar-refractivity contribution in [2.75, 3.05) is 13.2 Å². The topological polar surface area (TPSA) is 62.6 Å². The van der Waals surface area contributed by atoms with Gasteiger partial charge in [0, 0.05) is 12.3 Å². The lowest BCUT2D eigenvalue weighted by Crippen LogP contribution is -2.23. The van der Waals surface area contributed by atoms with E-state index in [2.05, 4.69) is 4.98 Å². The lowest BCUT2D eigenvalue weighted by atomic mass is 10.1. The van der Waals surface area contributed by atoms with Gasteiger partial charge in [-0.1, -0.05) is 24.3 Å². The third-order valence-corrected chi connectivity index (χ3v) is 4.31. The maximum absolute atomic E-state index is 11.3. The molecule has 6 heteroatoms. The zero-order valence-corrected chi connectivity index (χ0v) is 15.0. The summed E-state index contributed by atoms with van der Waals surface area (Å²) in [5.41, 5.74) is 1.93. The molecule has 0 fully saturated rings. The Bertz CT molecular complexity index is 965. The summed E-state index contributed by atoms with van der Waals surface area (Å²) in [5.74, 6) is 1.64. The highest BCUT2D eigenvalue weighted by atomic mass is 16.6. The van der Waals surface area contributed by atoms with E-state index in [9.17, 15) is 4.79 Å². The first-order valence-corrected chi connectivity index (χ1v) is 8.91. The minimum absolute atomic E-state index is 0.162. The molecule has 0 bridgehead atoms. The van der Waals surface area contributed by atoms with E-state index in [1.54, 1.807) is 6.20 Å². The van der Waals surface area contributed by atoms with E-state index in [1.165, 1.54) is 6.07 Å². The SMILES string of the molecule is CCOc1ccc(-c2ccc(OCC3Cn4ccc(=O)nc4O3)cc2)cc1. The fourth-order valence-electron chi connectivity index (χ4n) is 2.98. The maximum atomic E-state index is 11.3. The molecule has 27 heavy (non-hydrogen) atoms. The number of hydrogen-bond acceptors (Lipinski definition) is 5. The van der Waals surface area contributed by atoms with Crippen molar-refractivity contribution in [2.24, 2.45) is 0 Å². The van der Waals surface area contributed by atoms with Crippen LogP contribution in [0.5, 0.6) is 17.5 Å². The van der Waals surface area contributed by atoms with Gasteiger partial charge in [0.2, 0.25) is 0 Å². The first-order chi connectivity index (χ1) is 13.2. The fraction of sp³-hybridized carbons (Fsp3) is 0.238. The molecule has 4 rings (SSSR count). The second kappa shape index (κ2) is 7.53. The van der Waals surface area contributed by atoms with Crippen LogP contribution in [0.3, 0.4) is 0 Å². The second-order valence-electron chi connectivity index (χ2n) is 6.23. The van der Waals surface area contributed by atoms with Gasteiger partial charge in [-0.2, -0.15) is 4.98 Å². The molecule has 0 radical (unpaired) electrons. The molecule has 0 saturated carbocycles. The van der Waals surface area contributed by atoms with Crippen LogP contribution in [0.4, 0.5) is 0 Å². The van der Waals surface area contributed by atoms with Gasteiger partial charge in [0.15, 0.2) is 6.10 Å². The van der Waals surface area contributed by atoms with Crippen molar-refractivity contribution in [3.05, 3.63) is 71.1 Å². The molecule has 6 nitrogen and oxygen atoms in total. The van der Waals surface area contributed by atoms with Gasteiger partial charge in [-0.05, 0) is 42.3 Å². The molecular formula is C21H20N2O4. The molecule has 1 atom stereocenters. The summed E-state index contributed by atoms with van der Waals surface area (Å²) in [4.78, 5) is 15.1. The van der Waals surface area contributed by atoms with Crippen LogP contribution in [0.1, 0.15) is 6.92 Å². The number of benzene rings is 2. The highest BCUT2D eigenvalue weighted by Crippen LogP contribution is 2.25. The molecule has 1 aliphatic rings. The van der Waals surface area contributed by atoms with Gasteiger partial charge in [0.1, 0.15) is 18.1 Å². The van der Waals surface area contributed by atoms with Gasteiger partial charge in [0.05, 0.1) is 13.2 Å². The summed E-state index contributed by atoms with van der Waals surface area (Å²) in [6.07, 6.45) is 1.53. The highest BCUT2D eigenvalue weighted by Gasteiger charge is 2.23. The summed E-state index contributed by atoms with van der Waals surface area (Å²) in [7, 11) is 0. The van der Waals surface area contributed by atoms with Crippen molar-refractivity contribution in [2.45, 2.75) is 19.6 Å². The Morgan fingerprint density at radius 3 is 2.26 bits per heavy atom. The number of ether oxygens (including phenoxy) is 3. The van der Waals surface area contributed by atoms with E-state index in [1.807, 2.05) is 60.0 Å². The molecule has 0 N–H and O–H groups in total. The predicted molar refractivity (Wildman–Crippen MR) is 101 cm³/mol. The van der Waals surface area contributed by atoms with Gasteiger partial charge in [-0.3, -0.25) is 9.36 Å². The van der Waals surface area contributed by atoms with Crippen LogP contribution in [-0.4, -0.2) is 28.9 Å². The predicted octanol–water partition coefficient (Wildman–Crippen LogP) is 3.15. The fourth-order valence-corrected chi connectivity index (χ4v) is 2.98. The number of aromatic nitrogens is 2. The van der Waals surface area contributed by atoms with Gasteiger partial charge in [-0.25, -0.2) is 0 Å². The van der Waals surface area contributed by atoms with Crippen molar-refractivity contribution in [1.82, 2.24) is 9.55 Å². The molecule has 0 aliphatic carbocycles. The van der Waals surface area contributed by atoms with Gasteiger partial charge < -0.3 is 14.2 Å². The van der Waals surface area contributed by atoms with E-state index >= 15 is 0 Å². The largest absolute Gasteiger partial charge is 0.494 e. The zero-order valence-electron chi connectivity index (χ0n) is 15.0. The summed E-state index contributed by atoms with van der Waals surface area (Å²) in [6.45, 7) is 3.64. The Kier molecular flexibility index (Phi) is 4.78. The Hall–Kier alpha value is -3.28. The van der Waals surface area contributed by atoms with E-state index < -0.39 is 0 Å². The molecule has 2 aromatic carbocycles. The van der Waals surface area contributed by atoms with Crippen LogP contribution in [0, 0.1) is 0 Å². The molecule has 1 aromatic heterocycles. The average Bonchev–Trinajstić information content (AvgIpc) is 3.10. The first kappa shape index (κ1) is 17.1. The Labute approximate surface area is 157 Å². The number of fused-ring (bicyclic) bond motifs is 1. The van der Waals surface area contributed by atoms with Crippen LogP contribution >= 0.6 is 0 Å². The van der Waals surface area contributed by atoms with Gasteiger partial charge in [-0.15, -0.1) is 0 Å². The van der Waals surface area contributed by atoms with Crippen LogP contribution in [0.25, 0.3) is 11.1 Å². The molecule has 0 saturated heterocycles. The van der Waals surface area contributed by atoms with E-state index in [0.29, 0.717) is 25.8 Å². The van der Waals surface area contributed by atoms with Gasteiger partial charge >= 0.3 is 0 Å². The summed E-state index contributed by atoms with van der Waals surface area (Å²) < 4.78 is 18.8. The van der Waals surface area contributed by atoms with Crippen molar-refractivity contribution in [1.29, 1.82) is 0 Å². The summed E-state index contributed by atoms with van der Waals surface area (Å²) >= 11 is 0. The van der Waals surface area contributed by atoms with Crippen molar-refractivity contribution in [3.8, 4) is 28.6 Å². The van der Waals surface area contributed by atoms with Crippen LogP contribution in [0.15, 0.2) is 65.6 Å². The third-order valence-electron chi connectivity index (χ3n) is 4.31. The van der Waals surface area contributed by atoms with E-state index in [-0.39, 0.29) is 11.7 Å². The molecule has 1 aliphatic heterocycles. The lowest BCUT2D eigenvalue weighted by molar-refractivity contribution is 0.143. The number of hydrogen-bond donors (Lipinski definition) is 0. The van der Waals surface area contributed by atoms with E-state index in [4.69, 9.17) is 14.2 Å². The minimum Gasteiger partial charge on any atom is -0.494 e. The van der Waals surface area contributed by atoms with Crippen molar-refractivity contribution in [3.63, 3.8) is 0 Å². The second-order valence-corrected chi connectivity index (χ2v) is 6.23. The standard InChI is InChI=1S/C21H20N2O4/c1-2-25-17-7-3-15(4-8-17)16-5-9-18(10-6-16)26-14-19-13-23-12-11-20(24)22-21(23)27-19/h3-12,19H,2,13-14H2,1H3. The van der Waals surface area contributed by atoms with Crippen molar-refractivity contribution < 1.29 is 14.2 Å². The zero-order chi connectivity index (χ0) is 18.6. The third kappa shape index (κ3) is 3.95. The van der Waals surface area contributed by atoms with E-state index in [0.717, 1.165) is 22.6 Å². The Morgan fingerprint density at radius 2 is 1.63 bits per heavy atom. The first-order valence-electron chi connectivity index (χ1n) is 8.91.